The summed E-state index contributed by atoms with van der Waals surface area (Å²) in [4.78, 5) is 35.5. The zero-order chi connectivity index (χ0) is 17.0. The van der Waals surface area contributed by atoms with E-state index in [0.717, 1.165) is 6.42 Å². The minimum atomic E-state index is -0.694. The van der Waals surface area contributed by atoms with Crippen LogP contribution in [0.2, 0.25) is 0 Å². The molecule has 2 bridgehead atoms. The number of nitro benzene ring substituents is 1. The zero-order valence-corrected chi connectivity index (χ0v) is 13.5. The van der Waals surface area contributed by atoms with Gasteiger partial charge in [0.1, 0.15) is 5.78 Å². The van der Waals surface area contributed by atoms with Gasteiger partial charge in [-0.1, -0.05) is 20.8 Å². The van der Waals surface area contributed by atoms with Crippen LogP contribution >= 0.6 is 0 Å². The first-order valence-electron chi connectivity index (χ1n) is 7.73. The van der Waals surface area contributed by atoms with Crippen LogP contribution in [0.3, 0.4) is 0 Å². The second kappa shape index (κ2) is 4.63. The Labute approximate surface area is 134 Å². The lowest BCUT2D eigenvalue weighted by molar-refractivity contribution is -0.384. The molecule has 0 saturated heterocycles. The number of non-ortho nitro benzene ring substituents is 1. The van der Waals surface area contributed by atoms with Crippen LogP contribution in [-0.4, -0.2) is 16.6 Å². The average molecular weight is 316 g/mol. The summed E-state index contributed by atoms with van der Waals surface area (Å²) in [5, 5.41) is 13.5. The molecular weight excluding hydrogens is 296 g/mol. The van der Waals surface area contributed by atoms with Crippen LogP contribution in [-0.2, 0) is 9.59 Å². The molecule has 0 aliphatic heterocycles. The summed E-state index contributed by atoms with van der Waals surface area (Å²) < 4.78 is 0. The van der Waals surface area contributed by atoms with Gasteiger partial charge in [0.2, 0.25) is 5.91 Å². The van der Waals surface area contributed by atoms with Crippen molar-refractivity contribution in [2.45, 2.75) is 40.0 Å². The van der Waals surface area contributed by atoms with E-state index >= 15 is 0 Å². The van der Waals surface area contributed by atoms with Crippen molar-refractivity contribution in [1.29, 1.82) is 0 Å². The van der Waals surface area contributed by atoms with Gasteiger partial charge in [-0.15, -0.1) is 0 Å². The normalized spacial score (nSPS) is 31.2. The van der Waals surface area contributed by atoms with Gasteiger partial charge in [0.05, 0.1) is 10.3 Å². The third kappa shape index (κ3) is 1.87. The molecule has 2 saturated carbocycles. The highest BCUT2D eigenvalue weighted by Crippen LogP contribution is 2.70. The maximum absolute atomic E-state index is 12.9. The molecule has 1 N–H and O–H groups in total. The molecule has 6 nitrogen and oxygen atoms in total. The number of anilines is 1. The predicted octanol–water partition coefficient (Wildman–Crippen LogP) is 3.32. The molecule has 23 heavy (non-hydrogen) atoms. The summed E-state index contributed by atoms with van der Waals surface area (Å²) in [5.41, 5.74) is -1.05. The van der Waals surface area contributed by atoms with Crippen LogP contribution in [0.1, 0.15) is 40.0 Å². The Morgan fingerprint density at radius 2 is 1.78 bits per heavy atom. The number of ketones is 1. The van der Waals surface area contributed by atoms with Crippen LogP contribution in [0.5, 0.6) is 0 Å². The Morgan fingerprint density at radius 1 is 1.17 bits per heavy atom. The number of Topliss-reactive ketones (excluding diaryl/α,β-unsaturated/α-hetero) is 1. The van der Waals surface area contributed by atoms with Crippen molar-refractivity contribution in [1.82, 2.24) is 0 Å². The first-order valence-corrected chi connectivity index (χ1v) is 7.73. The number of benzene rings is 1. The van der Waals surface area contributed by atoms with Gasteiger partial charge in [0.15, 0.2) is 0 Å². The molecule has 2 aliphatic carbocycles. The Hall–Kier alpha value is -2.24. The standard InChI is InChI=1S/C17H20N2O4/c1-15(2)16(3)8-9-17(15,10-13(16)20)14(21)18-11-4-6-12(7-5-11)19(22)23/h4-7H,8-10H2,1-3H3,(H,18,21)/t16-,17-/m1/s1. The number of rotatable bonds is 3. The number of hydrogen-bond donors (Lipinski definition) is 1. The molecule has 122 valence electrons. The highest BCUT2D eigenvalue weighted by atomic mass is 16.6. The third-order valence-corrected chi connectivity index (χ3v) is 6.48. The van der Waals surface area contributed by atoms with Gasteiger partial charge >= 0.3 is 0 Å². The van der Waals surface area contributed by atoms with E-state index in [-0.39, 0.29) is 23.8 Å². The molecular formula is C17H20N2O4. The van der Waals surface area contributed by atoms with Gasteiger partial charge in [-0.3, -0.25) is 19.7 Å². The average Bonchev–Trinajstić information content (AvgIpc) is 2.78. The molecule has 1 aromatic rings. The second-order valence-corrected chi connectivity index (χ2v) is 7.40. The van der Waals surface area contributed by atoms with E-state index in [0.29, 0.717) is 12.1 Å². The zero-order valence-electron chi connectivity index (χ0n) is 13.5. The number of carbonyl (C=O) groups excluding carboxylic acids is 2. The van der Waals surface area contributed by atoms with E-state index in [4.69, 9.17) is 0 Å². The van der Waals surface area contributed by atoms with Crippen LogP contribution in [0.15, 0.2) is 24.3 Å². The summed E-state index contributed by atoms with van der Waals surface area (Å²) >= 11 is 0. The molecule has 0 radical (unpaired) electrons. The molecule has 1 amide bonds. The van der Waals surface area contributed by atoms with Gasteiger partial charge in [0.25, 0.3) is 5.69 Å². The van der Waals surface area contributed by atoms with Crippen molar-refractivity contribution < 1.29 is 14.5 Å². The number of nitro groups is 1. The Bertz CT molecular complexity index is 710. The number of hydrogen-bond acceptors (Lipinski definition) is 4. The maximum Gasteiger partial charge on any atom is 0.269 e. The van der Waals surface area contributed by atoms with Crippen LogP contribution < -0.4 is 5.32 Å². The molecule has 3 rings (SSSR count). The summed E-state index contributed by atoms with van der Waals surface area (Å²) in [6, 6.07) is 5.75. The smallest absolute Gasteiger partial charge is 0.269 e. The fourth-order valence-corrected chi connectivity index (χ4v) is 4.28. The highest BCUT2D eigenvalue weighted by molar-refractivity contribution is 6.04. The van der Waals surface area contributed by atoms with E-state index in [1.54, 1.807) is 0 Å². The van der Waals surface area contributed by atoms with Gasteiger partial charge in [-0.25, -0.2) is 0 Å². The number of amides is 1. The van der Waals surface area contributed by atoms with Crippen molar-refractivity contribution in [3.8, 4) is 0 Å². The van der Waals surface area contributed by atoms with Crippen LogP contribution in [0, 0.1) is 26.4 Å². The Kier molecular flexibility index (Phi) is 3.15. The van der Waals surface area contributed by atoms with Gasteiger partial charge in [-0.05, 0) is 30.4 Å². The summed E-state index contributed by atoms with van der Waals surface area (Å²) in [6.07, 6.45) is 1.70. The molecule has 2 aliphatic rings. The van der Waals surface area contributed by atoms with Crippen molar-refractivity contribution in [3.05, 3.63) is 34.4 Å². The topological polar surface area (TPSA) is 89.3 Å². The molecule has 2 fully saturated rings. The molecule has 6 heteroatoms. The largest absolute Gasteiger partial charge is 0.326 e. The summed E-state index contributed by atoms with van der Waals surface area (Å²) in [7, 11) is 0. The van der Waals surface area contributed by atoms with E-state index in [1.807, 2.05) is 20.8 Å². The first-order chi connectivity index (χ1) is 10.6. The third-order valence-electron chi connectivity index (χ3n) is 6.48. The molecule has 0 unspecified atom stereocenters. The van der Waals surface area contributed by atoms with Crippen LogP contribution in [0.25, 0.3) is 0 Å². The quantitative estimate of drug-likeness (QED) is 0.684. The fourth-order valence-electron chi connectivity index (χ4n) is 4.28. The van der Waals surface area contributed by atoms with Gasteiger partial charge < -0.3 is 5.32 Å². The molecule has 2 atom stereocenters. The predicted molar refractivity (Wildman–Crippen MR) is 84.9 cm³/mol. The minimum absolute atomic E-state index is 0.0222. The lowest BCUT2D eigenvalue weighted by Crippen LogP contribution is -2.43. The van der Waals surface area contributed by atoms with Gasteiger partial charge in [0, 0.05) is 29.7 Å². The minimum Gasteiger partial charge on any atom is -0.326 e. The first kappa shape index (κ1) is 15.6. The number of carbonyl (C=O) groups is 2. The number of nitrogens with one attached hydrogen (secondary N) is 1. The van der Waals surface area contributed by atoms with E-state index in [1.165, 1.54) is 24.3 Å². The van der Waals surface area contributed by atoms with Crippen molar-refractivity contribution in [3.63, 3.8) is 0 Å². The van der Waals surface area contributed by atoms with E-state index in [2.05, 4.69) is 5.32 Å². The fraction of sp³-hybridized carbons (Fsp3) is 0.529. The molecule has 1 aromatic carbocycles. The molecule has 0 spiro atoms. The maximum atomic E-state index is 12.9. The lowest BCUT2D eigenvalue weighted by Gasteiger charge is -2.38. The second-order valence-electron chi connectivity index (χ2n) is 7.40. The molecule has 0 heterocycles. The lowest BCUT2D eigenvalue weighted by atomic mass is 9.64. The number of nitrogens with zero attached hydrogens (tertiary/aromatic N) is 1. The van der Waals surface area contributed by atoms with E-state index in [9.17, 15) is 19.7 Å². The SMILES string of the molecule is CC1(C)[C@]2(C(=O)Nc3ccc([N+](=O)[O-])cc3)CC[C@]1(C)C(=O)C2. The highest BCUT2D eigenvalue weighted by Gasteiger charge is 2.72. The van der Waals surface area contributed by atoms with Crippen molar-refractivity contribution in [2.75, 3.05) is 5.32 Å². The van der Waals surface area contributed by atoms with Gasteiger partial charge in [-0.2, -0.15) is 0 Å². The van der Waals surface area contributed by atoms with E-state index < -0.39 is 21.2 Å². The van der Waals surface area contributed by atoms with Crippen molar-refractivity contribution >= 4 is 23.1 Å². The molecule has 0 aromatic heterocycles. The van der Waals surface area contributed by atoms with Crippen LogP contribution in [0.4, 0.5) is 11.4 Å². The Morgan fingerprint density at radius 3 is 2.22 bits per heavy atom. The summed E-state index contributed by atoms with van der Waals surface area (Å²) in [5.74, 6) is -0.00136. The monoisotopic (exact) mass is 316 g/mol. The Balaban J connectivity index is 1.86. The number of fused-ring (bicyclic) bond motifs is 2. The van der Waals surface area contributed by atoms with Crippen molar-refractivity contribution in [2.24, 2.45) is 16.2 Å². The summed E-state index contributed by atoms with van der Waals surface area (Å²) in [6.45, 7) is 5.96.